The molecule has 2 rings (SSSR count). The minimum atomic E-state index is -0.169. The fourth-order valence-corrected chi connectivity index (χ4v) is 3.21. The zero-order valence-electron chi connectivity index (χ0n) is 15.4. The van der Waals surface area contributed by atoms with Crippen molar-refractivity contribution >= 4 is 23.2 Å². The van der Waals surface area contributed by atoms with Gasteiger partial charge in [0.15, 0.2) is 0 Å². The predicted molar refractivity (Wildman–Crippen MR) is 103 cm³/mol. The number of nitrogens with one attached hydrogen (secondary N) is 1. The number of carbonyl (C=O) groups excluding carboxylic acids is 2. The zero-order valence-corrected chi connectivity index (χ0v) is 16.3. The summed E-state index contributed by atoms with van der Waals surface area (Å²) in [6.45, 7) is 5.68. The summed E-state index contributed by atoms with van der Waals surface area (Å²) >= 11 is 1.40. The minimum Gasteiger partial charge on any atom is -0.497 e. The van der Waals surface area contributed by atoms with E-state index in [1.54, 1.807) is 41.7 Å². The molecule has 2 amide bonds. The molecular formula is C19H25N3O3S. The van der Waals surface area contributed by atoms with Crippen molar-refractivity contribution in [2.24, 2.45) is 0 Å². The number of aromatic nitrogens is 1. The van der Waals surface area contributed by atoms with Gasteiger partial charge >= 0.3 is 0 Å². The first kappa shape index (κ1) is 19.9. The highest BCUT2D eigenvalue weighted by atomic mass is 32.1. The summed E-state index contributed by atoms with van der Waals surface area (Å²) in [7, 11) is 1.59. The van der Waals surface area contributed by atoms with Crippen LogP contribution in [0.3, 0.4) is 0 Å². The van der Waals surface area contributed by atoms with Gasteiger partial charge in [-0.2, -0.15) is 0 Å². The molecule has 6 nitrogen and oxygen atoms in total. The van der Waals surface area contributed by atoms with E-state index in [9.17, 15) is 9.59 Å². The van der Waals surface area contributed by atoms with Crippen LogP contribution in [0.2, 0.25) is 0 Å². The molecule has 0 saturated heterocycles. The summed E-state index contributed by atoms with van der Waals surface area (Å²) in [5.74, 6) is 0.491. The van der Waals surface area contributed by atoms with E-state index in [4.69, 9.17) is 4.74 Å². The van der Waals surface area contributed by atoms with E-state index in [-0.39, 0.29) is 11.8 Å². The summed E-state index contributed by atoms with van der Waals surface area (Å²) < 4.78 is 5.13. The van der Waals surface area contributed by atoms with Crippen LogP contribution in [0.25, 0.3) is 0 Å². The lowest BCUT2D eigenvalue weighted by Crippen LogP contribution is -2.31. The van der Waals surface area contributed by atoms with Gasteiger partial charge in [0.2, 0.25) is 0 Å². The van der Waals surface area contributed by atoms with Crippen LogP contribution >= 0.6 is 11.3 Å². The smallest absolute Gasteiger partial charge is 0.270 e. The molecule has 1 heterocycles. The molecule has 0 aliphatic heterocycles. The van der Waals surface area contributed by atoms with Gasteiger partial charge in [0.05, 0.1) is 13.7 Å². The second kappa shape index (κ2) is 9.91. The summed E-state index contributed by atoms with van der Waals surface area (Å²) in [4.78, 5) is 30.9. The molecular weight excluding hydrogens is 350 g/mol. The molecule has 0 saturated carbocycles. The number of amides is 2. The first-order valence-corrected chi connectivity index (χ1v) is 9.62. The molecule has 2 aromatic rings. The molecule has 7 heteroatoms. The summed E-state index contributed by atoms with van der Waals surface area (Å²) in [5, 5.41) is 5.30. The molecule has 0 spiro atoms. The van der Waals surface area contributed by atoms with E-state index in [1.807, 2.05) is 13.8 Å². The van der Waals surface area contributed by atoms with Crippen molar-refractivity contribution in [3.05, 3.63) is 45.9 Å². The fourth-order valence-electron chi connectivity index (χ4n) is 2.42. The number of ether oxygens (including phenoxy) is 1. The molecule has 0 aliphatic rings. The van der Waals surface area contributed by atoms with Gasteiger partial charge in [-0.05, 0) is 37.1 Å². The quantitative estimate of drug-likeness (QED) is 0.730. The van der Waals surface area contributed by atoms with Crippen molar-refractivity contribution in [1.29, 1.82) is 0 Å². The average Bonchev–Trinajstić information content (AvgIpc) is 3.14. The molecule has 0 unspecified atom stereocenters. The SMILES string of the molecule is CCCNC(=O)c1csc(CN(CCC)C(=O)c2ccc(OC)cc2)n1. The highest BCUT2D eigenvalue weighted by Gasteiger charge is 2.18. The van der Waals surface area contributed by atoms with Crippen molar-refractivity contribution in [2.75, 3.05) is 20.2 Å². The molecule has 140 valence electrons. The van der Waals surface area contributed by atoms with Crippen molar-refractivity contribution in [2.45, 2.75) is 33.2 Å². The monoisotopic (exact) mass is 375 g/mol. The lowest BCUT2D eigenvalue weighted by Gasteiger charge is -2.21. The van der Waals surface area contributed by atoms with Gasteiger partial charge in [0.1, 0.15) is 16.5 Å². The summed E-state index contributed by atoms with van der Waals surface area (Å²) in [6.07, 6.45) is 1.72. The number of thiazole rings is 1. The number of rotatable bonds is 9. The third-order valence-corrected chi connectivity index (χ3v) is 4.60. The van der Waals surface area contributed by atoms with E-state index < -0.39 is 0 Å². The maximum atomic E-state index is 12.8. The number of hydrogen-bond donors (Lipinski definition) is 1. The second-order valence-corrected chi connectivity index (χ2v) is 6.78. The Balaban J connectivity index is 2.08. The number of hydrogen-bond acceptors (Lipinski definition) is 5. The lowest BCUT2D eigenvalue weighted by molar-refractivity contribution is 0.0743. The van der Waals surface area contributed by atoms with Crippen molar-refractivity contribution in [3.8, 4) is 5.75 Å². The maximum Gasteiger partial charge on any atom is 0.270 e. The largest absolute Gasteiger partial charge is 0.497 e. The molecule has 1 aromatic heterocycles. The van der Waals surface area contributed by atoms with Gasteiger partial charge in [-0.1, -0.05) is 13.8 Å². The first-order chi connectivity index (χ1) is 12.6. The molecule has 1 aromatic carbocycles. The predicted octanol–water partition coefficient (Wildman–Crippen LogP) is 3.34. The second-order valence-electron chi connectivity index (χ2n) is 5.84. The molecule has 0 radical (unpaired) electrons. The number of carbonyl (C=O) groups is 2. The fraction of sp³-hybridized carbons (Fsp3) is 0.421. The Morgan fingerprint density at radius 1 is 1.19 bits per heavy atom. The Labute approximate surface area is 158 Å². The highest BCUT2D eigenvalue weighted by molar-refractivity contribution is 7.09. The Bertz CT molecular complexity index is 728. The number of benzene rings is 1. The average molecular weight is 375 g/mol. The molecule has 0 fully saturated rings. The summed E-state index contributed by atoms with van der Waals surface area (Å²) in [6, 6.07) is 7.07. The van der Waals surface area contributed by atoms with E-state index in [2.05, 4.69) is 10.3 Å². The Morgan fingerprint density at radius 3 is 2.54 bits per heavy atom. The van der Waals surface area contributed by atoms with Crippen molar-refractivity contribution < 1.29 is 14.3 Å². The summed E-state index contributed by atoms with van der Waals surface area (Å²) in [5.41, 5.74) is 1.02. The molecule has 26 heavy (non-hydrogen) atoms. The van der Waals surface area contributed by atoms with Gasteiger partial charge in [0, 0.05) is 24.0 Å². The normalized spacial score (nSPS) is 10.4. The minimum absolute atomic E-state index is 0.0540. The van der Waals surface area contributed by atoms with E-state index in [0.29, 0.717) is 36.6 Å². The number of methoxy groups -OCH3 is 1. The van der Waals surface area contributed by atoms with E-state index >= 15 is 0 Å². The van der Waals surface area contributed by atoms with E-state index in [1.165, 1.54) is 11.3 Å². The van der Waals surface area contributed by atoms with Crippen LogP contribution in [0.5, 0.6) is 5.75 Å². The van der Waals surface area contributed by atoms with Gasteiger partial charge in [-0.15, -0.1) is 11.3 Å². The Kier molecular flexibility index (Phi) is 7.59. The van der Waals surface area contributed by atoms with Crippen LogP contribution in [-0.2, 0) is 6.54 Å². The topological polar surface area (TPSA) is 71.5 Å². The first-order valence-electron chi connectivity index (χ1n) is 8.75. The van der Waals surface area contributed by atoms with Crippen LogP contribution in [0.15, 0.2) is 29.6 Å². The molecule has 0 bridgehead atoms. The van der Waals surface area contributed by atoms with Crippen molar-refractivity contribution in [3.63, 3.8) is 0 Å². The number of nitrogens with zero attached hydrogens (tertiary/aromatic N) is 2. The third kappa shape index (κ3) is 5.29. The Morgan fingerprint density at radius 2 is 1.92 bits per heavy atom. The highest BCUT2D eigenvalue weighted by Crippen LogP contribution is 2.17. The van der Waals surface area contributed by atoms with Crippen LogP contribution in [0.4, 0.5) is 0 Å². The van der Waals surface area contributed by atoms with Crippen LogP contribution in [0.1, 0.15) is 52.5 Å². The van der Waals surface area contributed by atoms with Gasteiger partial charge in [0.25, 0.3) is 11.8 Å². The van der Waals surface area contributed by atoms with Crippen LogP contribution in [0, 0.1) is 0 Å². The van der Waals surface area contributed by atoms with Gasteiger partial charge < -0.3 is 15.0 Å². The van der Waals surface area contributed by atoms with Gasteiger partial charge in [-0.25, -0.2) is 4.98 Å². The van der Waals surface area contributed by atoms with Gasteiger partial charge in [-0.3, -0.25) is 9.59 Å². The molecule has 0 aliphatic carbocycles. The molecule has 1 N–H and O–H groups in total. The standard InChI is InChI=1S/C19H25N3O3S/c1-4-10-20-18(23)16-13-26-17(21-16)12-22(11-5-2)19(24)14-6-8-15(25-3)9-7-14/h6-9,13H,4-5,10-12H2,1-3H3,(H,20,23). The third-order valence-electron chi connectivity index (χ3n) is 3.76. The van der Waals surface area contributed by atoms with Crippen molar-refractivity contribution in [1.82, 2.24) is 15.2 Å². The lowest BCUT2D eigenvalue weighted by atomic mass is 10.2. The maximum absolute atomic E-state index is 12.8. The Hall–Kier alpha value is -2.41. The zero-order chi connectivity index (χ0) is 18.9. The van der Waals surface area contributed by atoms with E-state index in [0.717, 1.165) is 17.8 Å². The molecule has 0 atom stereocenters. The van der Waals surface area contributed by atoms with Crippen LogP contribution < -0.4 is 10.1 Å². The van der Waals surface area contributed by atoms with Crippen LogP contribution in [-0.4, -0.2) is 41.9 Å².